The van der Waals surface area contributed by atoms with Crippen molar-refractivity contribution in [1.82, 2.24) is 9.55 Å². The molecule has 1 heterocycles. The van der Waals surface area contributed by atoms with Crippen LogP contribution in [0, 0.1) is 19.7 Å². The van der Waals surface area contributed by atoms with Gasteiger partial charge in [-0.25, -0.2) is 14.2 Å². The Kier molecular flexibility index (Phi) is 2.97. The molecule has 2 aromatic carbocycles. The second kappa shape index (κ2) is 4.70. The van der Waals surface area contributed by atoms with E-state index in [4.69, 9.17) is 5.11 Å². The summed E-state index contributed by atoms with van der Waals surface area (Å²) in [6.45, 7) is 3.51. The summed E-state index contributed by atoms with van der Waals surface area (Å²) in [4.78, 5) is 15.4. The van der Waals surface area contributed by atoms with Gasteiger partial charge >= 0.3 is 5.97 Å². The molecule has 0 saturated heterocycles. The van der Waals surface area contributed by atoms with Gasteiger partial charge in [0.25, 0.3) is 0 Å². The first-order chi connectivity index (χ1) is 9.97. The molecule has 3 aromatic rings. The third kappa shape index (κ3) is 2.16. The van der Waals surface area contributed by atoms with Crippen LogP contribution < -0.4 is 0 Å². The van der Waals surface area contributed by atoms with E-state index in [1.807, 2.05) is 10.6 Å². The quantitative estimate of drug-likeness (QED) is 0.783. The highest BCUT2D eigenvalue weighted by atomic mass is 19.1. The number of hydrogen-bond acceptors (Lipinski definition) is 2. The molecule has 1 N–H and O–H groups in total. The van der Waals surface area contributed by atoms with Gasteiger partial charge in [-0.1, -0.05) is 6.07 Å². The van der Waals surface area contributed by atoms with E-state index in [1.54, 1.807) is 26.0 Å². The van der Waals surface area contributed by atoms with Gasteiger partial charge in [-0.15, -0.1) is 0 Å². The van der Waals surface area contributed by atoms with E-state index < -0.39 is 5.97 Å². The lowest BCUT2D eigenvalue weighted by atomic mass is 10.2. The molecule has 5 heteroatoms. The first kappa shape index (κ1) is 13.3. The molecule has 0 aliphatic rings. The number of aryl methyl sites for hydroxylation is 2. The third-order valence-electron chi connectivity index (χ3n) is 3.48. The number of halogens is 1. The number of hydrogen-bond donors (Lipinski definition) is 1. The summed E-state index contributed by atoms with van der Waals surface area (Å²) >= 11 is 0. The second-order valence-corrected chi connectivity index (χ2v) is 4.94. The van der Waals surface area contributed by atoms with E-state index >= 15 is 0 Å². The van der Waals surface area contributed by atoms with Crippen LogP contribution >= 0.6 is 0 Å². The van der Waals surface area contributed by atoms with Crippen molar-refractivity contribution in [3.05, 3.63) is 59.2 Å². The van der Waals surface area contributed by atoms with Gasteiger partial charge in [-0.05, 0) is 49.7 Å². The lowest BCUT2D eigenvalue weighted by Gasteiger charge is -2.08. The summed E-state index contributed by atoms with van der Waals surface area (Å²) < 4.78 is 15.6. The number of rotatable bonds is 2. The molecule has 0 radical (unpaired) electrons. The van der Waals surface area contributed by atoms with Crippen LogP contribution in [0.4, 0.5) is 4.39 Å². The smallest absolute Gasteiger partial charge is 0.335 e. The minimum Gasteiger partial charge on any atom is -0.478 e. The normalized spacial score (nSPS) is 11.0. The van der Waals surface area contributed by atoms with Crippen LogP contribution in [-0.4, -0.2) is 20.6 Å². The number of fused-ring (bicyclic) bond motifs is 1. The Balaban J connectivity index is 2.25. The molecule has 0 unspecified atom stereocenters. The molecule has 0 aliphatic heterocycles. The first-order valence-corrected chi connectivity index (χ1v) is 6.46. The van der Waals surface area contributed by atoms with Gasteiger partial charge in [0, 0.05) is 0 Å². The van der Waals surface area contributed by atoms with Gasteiger partial charge in [0.1, 0.15) is 11.6 Å². The maximum absolute atomic E-state index is 13.8. The highest BCUT2D eigenvalue weighted by Gasteiger charge is 2.12. The number of aromatic nitrogens is 2. The number of carbonyl (C=O) groups is 1. The fraction of sp³-hybridized carbons (Fsp3) is 0.125. The van der Waals surface area contributed by atoms with Gasteiger partial charge in [-0.2, -0.15) is 0 Å². The molecule has 0 amide bonds. The summed E-state index contributed by atoms with van der Waals surface area (Å²) in [6.07, 6.45) is 0. The maximum Gasteiger partial charge on any atom is 0.335 e. The molecule has 0 spiro atoms. The van der Waals surface area contributed by atoms with Crippen molar-refractivity contribution in [2.45, 2.75) is 13.8 Å². The van der Waals surface area contributed by atoms with Gasteiger partial charge in [0.05, 0.1) is 22.3 Å². The molecule has 0 atom stereocenters. The molecule has 0 saturated carbocycles. The third-order valence-corrected chi connectivity index (χ3v) is 3.48. The molecule has 0 bridgehead atoms. The standard InChI is InChI=1S/C16H13FN2O2/c1-9-3-5-12(8-13(9)17)19-10(2)18-14-7-11(16(20)21)4-6-15(14)19/h3-8H,1-2H3,(H,20,21). The summed E-state index contributed by atoms with van der Waals surface area (Å²) in [5, 5.41) is 9.02. The number of imidazole rings is 1. The van der Waals surface area contributed by atoms with E-state index in [9.17, 15) is 9.18 Å². The second-order valence-electron chi connectivity index (χ2n) is 4.94. The zero-order valence-electron chi connectivity index (χ0n) is 11.6. The van der Waals surface area contributed by atoms with Crippen molar-refractivity contribution in [1.29, 1.82) is 0 Å². The van der Waals surface area contributed by atoms with Crippen molar-refractivity contribution in [2.75, 3.05) is 0 Å². The number of benzene rings is 2. The highest BCUT2D eigenvalue weighted by molar-refractivity contribution is 5.92. The Hall–Kier alpha value is -2.69. The Bertz CT molecular complexity index is 868. The van der Waals surface area contributed by atoms with Crippen molar-refractivity contribution < 1.29 is 14.3 Å². The van der Waals surface area contributed by atoms with Crippen LogP contribution in [0.2, 0.25) is 0 Å². The Labute approximate surface area is 120 Å². The zero-order valence-corrected chi connectivity index (χ0v) is 11.6. The van der Waals surface area contributed by atoms with Crippen molar-refractivity contribution >= 4 is 17.0 Å². The molecule has 106 valence electrons. The largest absolute Gasteiger partial charge is 0.478 e. The van der Waals surface area contributed by atoms with Crippen LogP contribution in [0.15, 0.2) is 36.4 Å². The van der Waals surface area contributed by atoms with Crippen LogP contribution in [0.5, 0.6) is 0 Å². The predicted molar refractivity (Wildman–Crippen MR) is 77.5 cm³/mol. The van der Waals surface area contributed by atoms with Crippen molar-refractivity contribution in [3.8, 4) is 5.69 Å². The average Bonchev–Trinajstić information content (AvgIpc) is 2.76. The van der Waals surface area contributed by atoms with Gasteiger partial charge in [0.2, 0.25) is 0 Å². The minimum atomic E-state index is -0.995. The van der Waals surface area contributed by atoms with Crippen LogP contribution in [0.3, 0.4) is 0 Å². The molecule has 4 nitrogen and oxygen atoms in total. The van der Waals surface area contributed by atoms with Gasteiger partial charge in [-0.3, -0.25) is 4.57 Å². The number of carboxylic acids is 1. The number of aromatic carboxylic acids is 1. The molecule has 0 fully saturated rings. The summed E-state index contributed by atoms with van der Waals surface area (Å²) in [5.41, 5.74) is 2.76. The van der Waals surface area contributed by atoms with Crippen LogP contribution in [-0.2, 0) is 0 Å². The van der Waals surface area contributed by atoms with E-state index in [2.05, 4.69) is 4.98 Å². The predicted octanol–water partition coefficient (Wildman–Crippen LogP) is 3.48. The molecule has 0 aliphatic carbocycles. The van der Waals surface area contributed by atoms with Crippen molar-refractivity contribution in [3.63, 3.8) is 0 Å². The van der Waals surface area contributed by atoms with E-state index in [1.165, 1.54) is 18.2 Å². The lowest BCUT2D eigenvalue weighted by molar-refractivity contribution is 0.0697. The van der Waals surface area contributed by atoms with E-state index in [-0.39, 0.29) is 11.4 Å². The number of nitrogens with zero attached hydrogens (tertiary/aromatic N) is 2. The minimum absolute atomic E-state index is 0.183. The Morgan fingerprint density at radius 3 is 2.62 bits per heavy atom. The monoisotopic (exact) mass is 284 g/mol. The number of carboxylic acid groups (broad SMARTS) is 1. The average molecular weight is 284 g/mol. The van der Waals surface area contributed by atoms with E-state index in [0.717, 1.165) is 5.52 Å². The summed E-state index contributed by atoms with van der Waals surface area (Å²) in [6, 6.07) is 9.71. The topological polar surface area (TPSA) is 55.1 Å². The Morgan fingerprint density at radius 2 is 1.95 bits per heavy atom. The van der Waals surface area contributed by atoms with Gasteiger partial charge in [0.15, 0.2) is 0 Å². The summed E-state index contributed by atoms with van der Waals surface area (Å²) in [5.74, 6) is -0.600. The molecular weight excluding hydrogens is 271 g/mol. The van der Waals surface area contributed by atoms with Gasteiger partial charge < -0.3 is 5.11 Å². The molecular formula is C16H13FN2O2. The van der Waals surface area contributed by atoms with Crippen LogP contribution in [0.25, 0.3) is 16.7 Å². The highest BCUT2D eigenvalue weighted by Crippen LogP contribution is 2.23. The maximum atomic E-state index is 13.8. The van der Waals surface area contributed by atoms with Crippen LogP contribution in [0.1, 0.15) is 21.7 Å². The SMILES string of the molecule is Cc1ccc(-n2c(C)nc3cc(C(=O)O)ccc32)cc1F. The molecule has 21 heavy (non-hydrogen) atoms. The van der Waals surface area contributed by atoms with Crippen molar-refractivity contribution in [2.24, 2.45) is 0 Å². The van der Waals surface area contributed by atoms with E-state index in [0.29, 0.717) is 22.6 Å². The lowest BCUT2D eigenvalue weighted by Crippen LogP contribution is -1.99. The first-order valence-electron chi connectivity index (χ1n) is 6.46. The molecule has 3 rings (SSSR count). The molecule has 1 aromatic heterocycles. The fourth-order valence-electron chi connectivity index (χ4n) is 2.38. The zero-order chi connectivity index (χ0) is 15.1. The fourth-order valence-corrected chi connectivity index (χ4v) is 2.38. The Morgan fingerprint density at radius 1 is 1.19 bits per heavy atom. The summed E-state index contributed by atoms with van der Waals surface area (Å²) in [7, 11) is 0.